The number of ether oxygens (including phenoxy) is 3. The molecule has 1 aromatic carbocycles. The second-order valence-electron chi connectivity index (χ2n) is 5.98. The zero-order valence-electron chi connectivity index (χ0n) is 14.0. The van der Waals surface area contributed by atoms with Crippen LogP contribution in [0.1, 0.15) is 18.4 Å². The van der Waals surface area contributed by atoms with Crippen LogP contribution in [0, 0.1) is 5.92 Å². The average Bonchev–Trinajstić information content (AvgIpc) is 3.06. The molecule has 1 atom stereocenters. The van der Waals surface area contributed by atoms with Crippen LogP contribution in [0.15, 0.2) is 18.2 Å². The Hall–Kier alpha value is -1.50. The predicted molar refractivity (Wildman–Crippen MR) is 92.7 cm³/mol. The van der Waals surface area contributed by atoms with E-state index in [1.165, 1.54) is 0 Å². The number of rotatable bonds is 6. The monoisotopic (exact) mass is 356 g/mol. The van der Waals surface area contributed by atoms with Crippen molar-refractivity contribution in [3.8, 4) is 11.5 Å². The molecule has 1 aromatic rings. The summed E-state index contributed by atoms with van der Waals surface area (Å²) in [7, 11) is 1.66. The first kappa shape index (κ1) is 18.8. The van der Waals surface area contributed by atoms with E-state index in [2.05, 4.69) is 5.32 Å². The molecule has 0 aliphatic carbocycles. The number of carbonyl (C=O) groups is 1. The standard InChI is InChI=1S/C17H24N2O4.ClH/c1-21-8-7-19(17(20)14-3-2-6-18-10-14)11-13-4-5-15-16(9-13)23-12-22-15;/h4-5,9,14,18H,2-3,6-8,10-12H2,1H3;1H. The number of fused-ring (bicyclic) bond motifs is 1. The maximum absolute atomic E-state index is 12.8. The van der Waals surface area contributed by atoms with Crippen molar-refractivity contribution in [2.75, 3.05) is 40.1 Å². The quantitative estimate of drug-likeness (QED) is 0.842. The zero-order valence-corrected chi connectivity index (χ0v) is 14.8. The van der Waals surface area contributed by atoms with Crippen molar-refractivity contribution in [3.63, 3.8) is 0 Å². The molecule has 0 aromatic heterocycles. The molecule has 1 unspecified atom stereocenters. The van der Waals surface area contributed by atoms with Crippen molar-refractivity contribution in [2.45, 2.75) is 19.4 Å². The van der Waals surface area contributed by atoms with Crippen LogP contribution in [0.4, 0.5) is 0 Å². The number of carbonyl (C=O) groups excluding carboxylic acids is 1. The van der Waals surface area contributed by atoms with Gasteiger partial charge in [-0.2, -0.15) is 0 Å². The van der Waals surface area contributed by atoms with E-state index < -0.39 is 0 Å². The van der Waals surface area contributed by atoms with E-state index in [1.807, 2.05) is 23.1 Å². The number of benzene rings is 1. The normalized spacial score (nSPS) is 18.8. The second kappa shape index (κ2) is 9.11. The van der Waals surface area contributed by atoms with Gasteiger partial charge in [0, 0.05) is 26.7 Å². The summed E-state index contributed by atoms with van der Waals surface area (Å²) in [6.07, 6.45) is 2.01. The van der Waals surface area contributed by atoms with Gasteiger partial charge in [-0.1, -0.05) is 6.07 Å². The molecule has 2 aliphatic heterocycles. The molecular formula is C17H25ClN2O4. The number of halogens is 1. The Bertz CT molecular complexity index is 549. The summed E-state index contributed by atoms with van der Waals surface area (Å²) in [4.78, 5) is 14.7. The Labute approximate surface area is 148 Å². The van der Waals surface area contributed by atoms with Crippen molar-refractivity contribution in [1.29, 1.82) is 0 Å². The van der Waals surface area contributed by atoms with Crippen LogP contribution < -0.4 is 14.8 Å². The fourth-order valence-corrected chi connectivity index (χ4v) is 3.05. The number of amides is 1. The number of nitrogens with zero attached hydrogens (tertiary/aromatic N) is 1. The third-order valence-corrected chi connectivity index (χ3v) is 4.33. The summed E-state index contributed by atoms with van der Waals surface area (Å²) in [5.74, 6) is 1.78. The van der Waals surface area contributed by atoms with Gasteiger partial charge in [-0.25, -0.2) is 0 Å². The minimum absolute atomic E-state index is 0. The molecule has 134 valence electrons. The van der Waals surface area contributed by atoms with Gasteiger partial charge in [0.25, 0.3) is 0 Å². The highest BCUT2D eigenvalue weighted by molar-refractivity contribution is 5.85. The molecule has 3 rings (SSSR count). The molecule has 0 spiro atoms. The molecule has 2 aliphatic rings. The number of methoxy groups -OCH3 is 1. The molecule has 0 radical (unpaired) electrons. The molecule has 7 heteroatoms. The largest absolute Gasteiger partial charge is 0.454 e. The summed E-state index contributed by atoms with van der Waals surface area (Å²) in [6.45, 7) is 3.73. The Morgan fingerprint density at radius 3 is 2.96 bits per heavy atom. The van der Waals surface area contributed by atoms with Gasteiger partial charge in [-0.3, -0.25) is 4.79 Å². The third-order valence-electron chi connectivity index (χ3n) is 4.33. The number of hydrogen-bond acceptors (Lipinski definition) is 5. The van der Waals surface area contributed by atoms with Crippen molar-refractivity contribution < 1.29 is 19.0 Å². The van der Waals surface area contributed by atoms with E-state index in [-0.39, 0.29) is 31.0 Å². The fourth-order valence-electron chi connectivity index (χ4n) is 3.05. The lowest BCUT2D eigenvalue weighted by Gasteiger charge is -2.29. The van der Waals surface area contributed by atoms with Gasteiger partial charge in [0.1, 0.15) is 0 Å². The predicted octanol–water partition coefficient (Wildman–Crippen LogP) is 1.81. The SMILES string of the molecule is COCCN(Cc1ccc2c(c1)OCO2)C(=O)C1CCCNC1.Cl. The summed E-state index contributed by atoms with van der Waals surface area (Å²) in [6, 6.07) is 5.84. The van der Waals surface area contributed by atoms with Gasteiger partial charge in [-0.15, -0.1) is 12.4 Å². The van der Waals surface area contributed by atoms with Crippen molar-refractivity contribution in [1.82, 2.24) is 10.2 Å². The minimum Gasteiger partial charge on any atom is -0.454 e. The van der Waals surface area contributed by atoms with E-state index in [0.29, 0.717) is 19.7 Å². The van der Waals surface area contributed by atoms with E-state index >= 15 is 0 Å². The molecule has 24 heavy (non-hydrogen) atoms. The first-order valence-electron chi connectivity index (χ1n) is 8.15. The first-order valence-corrected chi connectivity index (χ1v) is 8.15. The average molecular weight is 357 g/mol. The van der Waals surface area contributed by atoms with E-state index in [4.69, 9.17) is 14.2 Å². The second-order valence-corrected chi connectivity index (χ2v) is 5.98. The molecule has 1 amide bonds. The number of piperidine rings is 1. The molecule has 1 fully saturated rings. The van der Waals surface area contributed by atoms with Crippen molar-refractivity contribution in [2.24, 2.45) is 5.92 Å². The van der Waals surface area contributed by atoms with Crippen LogP contribution in [-0.4, -0.2) is 51.0 Å². The highest BCUT2D eigenvalue weighted by Gasteiger charge is 2.26. The Kier molecular flexibility index (Phi) is 7.15. The number of hydrogen-bond donors (Lipinski definition) is 1. The first-order chi connectivity index (χ1) is 11.3. The molecule has 1 saturated heterocycles. The lowest BCUT2D eigenvalue weighted by molar-refractivity contribution is -0.137. The molecule has 1 N–H and O–H groups in total. The summed E-state index contributed by atoms with van der Waals surface area (Å²) >= 11 is 0. The Balaban J connectivity index is 0.00000208. The van der Waals surface area contributed by atoms with Gasteiger partial charge in [0.2, 0.25) is 12.7 Å². The van der Waals surface area contributed by atoms with Gasteiger partial charge in [0.15, 0.2) is 11.5 Å². The van der Waals surface area contributed by atoms with Crippen LogP contribution in [-0.2, 0) is 16.1 Å². The topological polar surface area (TPSA) is 60.0 Å². The summed E-state index contributed by atoms with van der Waals surface area (Å²) in [5, 5.41) is 3.31. The smallest absolute Gasteiger partial charge is 0.231 e. The van der Waals surface area contributed by atoms with Gasteiger partial charge >= 0.3 is 0 Å². The Morgan fingerprint density at radius 1 is 1.38 bits per heavy atom. The fraction of sp³-hybridized carbons (Fsp3) is 0.588. The van der Waals surface area contributed by atoms with E-state index in [9.17, 15) is 4.79 Å². The van der Waals surface area contributed by atoms with Crippen LogP contribution >= 0.6 is 12.4 Å². The zero-order chi connectivity index (χ0) is 16.1. The number of nitrogens with one attached hydrogen (secondary N) is 1. The van der Waals surface area contributed by atoms with E-state index in [0.717, 1.165) is 43.0 Å². The maximum Gasteiger partial charge on any atom is 0.231 e. The molecule has 0 bridgehead atoms. The summed E-state index contributed by atoms with van der Waals surface area (Å²) in [5.41, 5.74) is 1.04. The van der Waals surface area contributed by atoms with Crippen LogP contribution in [0.2, 0.25) is 0 Å². The Morgan fingerprint density at radius 2 is 2.21 bits per heavy atom. The minimum atomic E-state index is 0. The van der Waals surface area contributed by atoms with Crippen LogP contribution in [0.3, 0.4) is 0 Å². The molecule has 2 heterocycles. The van der Waals surface area contributed by atoms with Gasteiger partial charge in [-0.05, 0) is 37.1 Å². The highest BCUT2D eigenvalue weighted by Crippen LogP contribution is 2.33. The van der Waals surface area contributed by atoms with Crippen molar-refractivity contribution >= 4 is 18.3 Å². The highest BCUT2D eigenvalue weighted by atomic mass is 35.5. The molecule has 6 nitrogen and oxygen atoms in total. The lowest BCUT2D eigenvalue weighted by Crippen LogP contribution is -2.43. The van der Waals surface area contributed by atoms with E-state index in [1.54, 1.807) is 7.11 Å². The maximum atomic E-state index is 12.8. The van der Waals surface area contributed by atoms with Crippen molar-refractivity contribution in [3.05, 3.63) is 23.8 Å². The molecular weight excluding hydrogens is 332 g/mol. The lowest BCUT2D eigenvalue weighted by atomic mass is 9.98. The van der Waals surface area contributed by atoms with Crippen LogP contribution in [0.5, 0.6) is 11.5 Å². The third kappa shape index (κ3) is 4.53. The molecule has 0 saturated carbocycles. The summed E-state index contributed by atoms with van der Waals surface area (Å²) < 4.78 is 15.9. The van der Waals surface area contributed by atoms with Gasteiger partial charge < -0.3 is 24.4 Å². The van der Waals surface area contributed by atoms with Crippen LogP contribution in [0.25, 0.3) is 0 Å². The van der Waals surface area contributed by atoms with Gasteiger partial charge in [0.05, 0.1) is 12.5 Å².